The van der Waals surface area contributed by atoms with Crippen molar-refractivity contribution in [2.24, 2.45) is 0 Å². The number of benzene rings is 3. The van der Waals surface area contributed by atoms with Crippen LogP contribution in [0.2, 0.25) is 0 Å². The summed E-state index contributed by atoms with van der Waals surface area (Å²) in [6.45, 7) is 3.17. The lowest BCUT2D eigenvalue weighted by Crippen LogP contribution is -2.49. The molecule has 0 spiro atoms. The quantitative estimate of drug-likeness (QED) is 0.463. The standard InChI is InChI=1S/C27H31NO3/c1-2-31-27(30)26(25(29)19-18-22-12-6-3-7-13-22)28(20-23-14-8-4-9-15-23)21-24-16-10-5-11-17-24/h3-17,25-26,29H,2,18-21H2,1H3. The minimum absolute atomic E-state index is 0.283. The number of ether oxygens (including phenoxy) is 1. The van der Waals surface area contributed by atoms with Crippen LogP contribution in [0, 0.1) is 0 Å². The zero-order valence-electron chi connectivity index (χ0n) is 18.1. The van der Waals surface area contributed by atoms with Gasteiger partial charge in [0.25, 0.3) is 0 Å². The monoisotopic (exact) mass is 417 g/mol. The van der Waals surface area contributed by atoms with Crippen LogP contribution in [0.5, 0.6) is 0 Å². The lowest BCUT2D eigenvalue weighted by atomic mass is 9.99. The molecule has 4 heteroatoms. The molecule has 0 heterocycles. The lowest BCUT2D eigenvalue weighted by Gasteiger charge is -2.33. The number of aliphatic hydroxyl groups excluding tert-OH is 1. The average Bonchev–Trinajstić information content (AvgIpc) is 2.80. The van der Waals surface area contributed by atoms with E-state index in [1.165, 1.54) is 0 Å². The molecular weight excluding hydrogens is 386 g/mol. The number of aliphatic hydroxyl groups is 1. The Bertz CT molecular complexity index is 858. The topological polar surface area (TPSA) is 49.8 Å². The highest BCUT2D eigenvalue weighted by molar-refractivity contribution is 5.76. The van der Waals surface area contributed by atoms with Gasteiger partial charge in [-0.2, -0.15) is 0 Å². The van der Waals surface area contributed by atoms with E-state index in [4.69, 9.17) is 4.74 Å². The van der Waals surface area contributed by atoms with Crippen molar-refractivity contribution < 1.29 is 14.6 Å². The van der Waals surface area contributed by atoms with Crippen LogP contribution in [0.4, 0.5) is 0 Å². The lowest BCUT2D eigenvalue weighted by molar-refractivity contribution is -0.155. The van der Waals surface area contributed by atoms with Gasteiger partial charge in [-0.25, -0.2) is 0 Å². The summed E-state index contributed by atoms with van der Waals surface area (Å²) in [5.41, 5.74) is 3.31. The van der Waals surface area contributed by atoms with Gasteiger partial charge in [-0.3, -0.25) is 9.69 Å². The number of aryl methyl sites for hydroxylation is 1. The van der Waals surface area contributed by atoms with Gasteiger partial charge in [0.15, 0.2) is 0 Å². The van der Waals surface area contributed by atoms with Crippen molar-refractivity contribution in [3.63, 3.8) is 0 Å². The first-order chi connectivity index (χ1) is 15.2. The number of rotatable bonds is 11. The molecule has 2 unspecified atom stereocenters. The van der Waals surface area contributed by atoms with Crippen LogP contribution < -0.4 is 0 Å². The predicted molar refractivity (Wildman–Crippen MR) is 123 cm³/mol. The van der Waals surface area contributed by atoms with Gasteiger partial charge in [0.05, 0.1) is 12.7 Å². The molecule has 4 nitrogen and oxygen atoms in total. The van der Waals surface area contributed by atoms with Gasteiger partial charge in [0.2, 0.25) is 0 Å². The van der Waals surface area contributed by atoms with Crippen molar-refractivity contribution in [2.75, 3.05) is 6.61 Å². The van der Waals surface area contributed by atoms with Gasteiger partial charge in [0, 0.05) is 13.1 Å². The maximum Gasteiger partial charge on any atom is 0.326 e. The van der Waals surface area contributed by atoms with Crippen LogP contribution in [-0.2, 0) is 29.0 Å². The Labute approximate surface area is 185 Å². The third kappa shape index (κ3) is 7.06. The van der Waals surface area contributed by atoms with E-state index in [2.05, 4.69) is 0 Å². The summed E-state index contributed by atoms with van der Waals surface area (Å²) >= 11 is 0. The number of carbonyl (C=O) groups is 1. The minimum atomic E-state index is -0.841. The molecule has 31 heavy (non-hydrogen) atoms. The van der Waals surface area contributed by atoms with Crippen LogP contribution >= 0.6 is 0 Å². The Morgan fingerprint density at radius 1 is 0.806 bits per heavy atom. The van der Waals surface area contributed by atoms with E-state index in [0.717, 1.165) is 16.7 Å². The highest BCUT2D eigenvalue weighted by Crippen LogP contribution is 2.20. The first kappa shape index (κ1) is 22.7. The van der Waals surface area contributed by atoms with Gasteiger partial charge < -0.3 is 9.84 Å². The Balaban J connectivity index is 1.84. The van der Waals surface area contributed by atoms with Crippen LogP contribution in [0.25, 0.3) is 0 Å². The van der Waals surface area contributed by atoms with E-state index >= 15 is 0 Å². The van der Waals surface area contributed by atoms with E-state index in [0.29, 0.717) is 25.9 Å². The van der Waals surface area contributed by atoms with Crippen molar-refractivity contribution in [1.82, 2.24) is 4.90 Å². The molecule has 0 aromatic heterocycles. The first-order valence-corrected chi connectivity index (χ1v) is 10.9. The third-order valence-electron chi connectivity index (χ3n) is 5.31. The first-order valence-electron chi connectivity index (χ1n) is 10.9. The number of nitrogens with zero attached hydrogens (tertiary/aromatic N) is 1. The molecule has 0 bridgehead atoms. The molecule has 1 N–H and O–H groups in total. The Morgan fingerprint density at radius 3 is 1.71 bits per heavy atom. The number of carbonyl (C=O) groups excluding carboxylic acids is 1. The summed E-state index contributed by atoms with van der Waals surface area (Å²) in [5.74, 6) is -0.380. The summed E-state index contributed by atoms with van der Waals surface area (Å²) in [6, 6.07) is 29.3. The summed E-state index contributed by atoms with van der Waals surface area (Å²) in [4.78, 5) is 15.0. The van der Waals surface area contributed by atoms with E-state index in [9.17, 15) is 9.90 Å². The number of esters is 1. The number of hydrogen-bond donors (Lipinski definition) is 1. The van der Waals surface area contributed by atoms with Crippen molar-refractivity contribution >= 4 is 5.97 Å². The Morgan fingerprint density at radius 2 is 1.26 bits per heavy atom. The molecule has 0 aliphatic heterocycles. The average molecular weight is 418 g/mol. The second-order valence-electron chi connectivity index (χ2n) is 7.66. The fourth-order valence-electron chi connectivity index (χ4n) is 3.78. The molecule has 2 atom stereocenters. The largest absolute Gasteiger partial charge is 0.465 e. The summed E-state index contributed by atoms with van der Waals surface area (Å²) in [5, 5.41) is 11.2. The fraction of sp³-hybridized carbons (Fsp3) is 0.296. The highest BCUT2D eigenvalue weighted by Gasteiger charge is 2.34. The SMILES string of the molecule is CCOC(=O)C(C(O)CCc1ccccc1)N(Cc1ccccc1)Cc1ccccc1. The normalized spacial score (nSPS) is 13.0. The fourth-order valence-corrected chi connectivity index (χ4v) is 3.78. The second kappa shape index (κ2) is 12.0. The maximum absolute atomic E-state index is 13.0. The molecule has 0 saturated heterocycles. The molecule has 0 aliphatic carbocycles. The molecule has 3 aromatic rings. The van der Waals surface area contributed by atoms with Gasteiger partial charge in [0.1, 0.15) is 6.04 Å². The van der Waals surface area contributed by atoms with Crippen LogP contribution in [0.15, 0.2) is 91.0 Å². The maximum atomic E-state index is 13.0. The summed E-state index contributed by atoms with van der Waals surface area (Å²) in [6.07, 6.45) is 0.336. The number of hydrogen-bond acceptors (Lipinski definition) is 4. The van der Waals surface area contributed by atoms with Gasteiger partial charge in [-0.1, -0.05) is 91.0 Å². The van der Waals surface area contributed by atoms with Crippen LogP contribution in [0.1, 0.15) is 30.0 Å². The van der Waals surface area contributed by atoms with E-state index in [1.807, 2.05) is 95.9 Å². The van der Waals surface area contributed by atoms with Crippen molar-refractivity contribution in [3.8, 4) is 0 Å². The zero-order chi connectivity index (χ0) is 21.9. The molecule has 162 valence electrons. The van der Waals surface area contributed by atoms with E-state index in [1.54, 1.807) is 6.92 Å². The van der Waals surface area contributed by atoms with Crippen molar-refractivity contribution in [3.05, 3.63) is 108 Å². The summed E-state index contributed by atoms with van der Waals surface area (Å²) in [7, 11) is 0. The molecule has 0 aliphatic rings. The molecule has 0 saturated carbocycles. The van der Waals surface area contributed by atoms with Gasteiger partial charge in [-0.15, -0.1) is 0 Å². The highest BCUT2D eigenvalue weighted by atomic mass is 16.5. The van der Waals surface area contributed by atoms with Crippen molar-refractivity contribution in [1.29, 1.82) is 0 Å². The Hall–Kier alpha value is -2.95. The van der Waals surface area contributed by atoms with Crippen molar-refractivity contribution in [2.45, 2.75) is 45.0 Å². The zero-order valence-corrected chi connectivity index (χ0v) is 18.1. The molecule has 0 amide bonds. The predicted octanol–water partition coefficient (Wildman–Crippen LogP) is 4.61. The third-order valence-corrected chi connectivity index (χ3v) is 5.31. The molecular formula is C27H31NO3. The minimum Gasteiger partial charge on any atom is -0.465 e. The van der Waals surface area contributed by atoms with Gasteiger partial charge in [-0.05, 0) is 36.5 Å². The second-order valence-corrected chi connectivity index (χ2v) is 7.66. The molecule has 0 radical (unpaired) electrons. The van der Waals surface area contributed by atoms with E-state index < -0.39 is 12.1 Å². The van der Waals surface area contributed by atoms with Crippen LogP contribution in [-0.4, -0.2) is 34.7 Å². The molecule has 3 aromatic carbocycles. The molecule has 3 rings (SSSR count). The van der Waals surface area contributed by atoms with Gasteiger partial charge >= 0.3 is 5.97 Å². The van der Waals surface area contributed by atoms with E-state index in [-0.39, 0.29) is 12.6 Å². The smallest absolute Gasteiger partial charge is 0.326 e. The summed E-state index contributed by atoms with van der Waals surface area (Å²) < 4.78 is 5.39. The molecule has 0 fully saturated rings. The Kier molecular flexibility index (Phi) is 8.83. The van der Waals surface area contributed by atoms with Crippen LogP contribution in [0.3, 0.4) is 0 Å².